The molecule has 2 rings (SSSR count). The zero-order valence-corrected chi connectivity index (χ0v) is 10.8. The van der Waals surface area contributed by atoms with Gasteiger partial charge in [0.15, 0.2) is 0 Å². The molecule has 7 heteroatoms. The molecule has 0 bridgehead atoms. The summed E-state index contributed by atoms with van der Waals surface area (Å²) in [7, 11) is 0. The molecule has 1 aromatic rings. The van der Waals surface area contributed by atoms with Crippen molar-refractivity contribution in [2.24, 2.45) is 0 Å². The Morgan fingerprint density at radius 3 is 3.11 bits per heavy atom. The largest absolute Gasteiger partial charge is 0.377 e. The first-order valence-corrected chi connectivity index (χ1v) is 6.15. The molecule has 1 saturated heterocycles. The van der Waals surface area contributed by atoms with Crippen LogP contribution in [0, 0.1) is 10.1 Å². The van der Waals surface area contributed by atoms with Gasteiger partial charge in [-0.2, -0.15) is 0 Å². The molecule has 18 heavy (non-hydrogen) atoms. The van der Waals surface area contributed by atoms with E-state index in [0.717, 1.165) is 6.42 Å². The van der Waals surface area contributed by atoms with Crippen molar-refractivity contribution in [3.63, 3.8) is 0 Å². The van der Waals surface area contributed by atoms with Crippen LogP contribution in [-0.2, 0) is 4.74 Å². The number of aromatic nitrogens is 1. The summed E-state index contributed by atoms with van der Waals surface area (Å²) < 4.78 is 5.41. The minimum absolute atomic E-state index is 0.0925. The Bertz CT molecular complexity index is 455. The van der Waals surface area contributed by atoms with Crippen LogP contribution < -0.4 is 4.90 Å². The minimum Gasteiger partial charge on any atom is -0.377 e. The van der Waals surface area contributed by atoms with Crippen LogP contribution in [0.2, 0.25) is 5.02 Å². The molecule has 1 aliphatic heterocycles. The van der Waals surface area contributed by atoms with Crippen molar-refractivity contribution in [1.29, 1.82) is 0 Å². The van der Waals surface area contributed by atoms with Crippen molar-refractivity contribution >= 4 is 23.1 Å². The van der Waals surface area contributed by atoms with Gasteiger partial charge in [0.05, 0.1) is 29.2 Å². The SMILES string of the molecule is CCC1COCCN1c1ncc([N+](=O)[O-])cc1Cl. The molecule has 0 N–H and O–H groups in total. The molecule has 0 spiro atoms. The van der Waals surface area contributed by atoms with Gasteiger partial charge in [0.1, 0.15) is 12.0 Å². The Hall–Kier alpha value is -1.40. The van der Waals surface area contributed by atoms with Crippen LogP contribution in [0.4, 0.5) is 11.5 Å². The Balaban J connectivity index is 2.29. The number of ether oxygens (including phenoxy) is 1. The summed E-state index contributed by atoms with van der Waals surface area (Å²) in [6.07, 6.45) is 2.15. The number of pyridine rings is 1. The maximum Gasteiger partial charge on any atom is 0.289 e. The Kier molecular flexibility index (Phi) is 3.98. The molecule has 0 aromatic carbocycles. The van der Waals surface area contributed by atoms with Crippen molar-refractivity contribution in [3.8, 4) is 0 Å². The van der Waals surface area contributed by atoms with E-state index in [1.807, 2.05) is 0 Å². The highest BCUT2D eigenvalue weighted by Crippen LogP contribution is 2.29. The van der Waals surface area contributed by atoms with Crippen LogP contribution in [-0.4, -0.2) is 35.7 Å². The summed E-state index contributed by atoms with van der Waals surface area (Å²) in [4.78, 5) is 16.3. The summed E-state index contributed by atoms with van der Waals surface area (Å²) in [5.41, 5.74) is -0.0925. The monoisotopic (exact) mass is 271 g/mol. The van der Waals surface area contributed by atoms with Crippen LogP contribution in [0.15, 0.2) is 12.3 Å². The van der Waals surface area contributed by atoms with Gasteiger partial charge in [-0.3, -0.25) is 10.1 Å². The van der Waals surface area contributed by atoms with Gasteiger partial charge in [-0.05, 0) is 6.42 Å². The fourth-order valence-corrected chi connectivity index (χ4v) is 2.27. The van der Waals surface area contributed by atoms with E-state index in [9.17, 15) is 10.1 Å². The second-order valence-corrected chi connectivity index (χ2v) is 4.49. The molecule has 1 unspecified atom stereocenters. The molecule has 1 aliphatic rings. The highest BCUT2D eigenvalue weighted by atomic mass is 35.5. The molecule has 1 atom stereocenters. The maximum atomic E-state index is 10.6. The number of hydrogen-bond acceptors (Lipinski definition) is 5. The van der Waals surface area contributed by atoms with Crippen LogP contribution in [0.5, 0.6) is 0 Å². The van der Waals surface area contributed by atoms with Gasteiger partial charge in [0.2, 0.25) is 0 Å². The lowest BCUT2D eigenvalue weighted by Crippen LogP contribution is -2.45. The smallest absolute Gasteiger partial charge is 0.289 e. The van der Waals surface area contributed by atoms with Crippen LogP contribution in [0.1, 0.15) is 13.3 Å². The lowest BCUT2D eigenvalue weighted by molar-refractivity contribution is -0.385. The molecular weight excluding hydrogens is 258 g/mol. The van der Waals surface area contributed by atoms with Crippen molar-refractivity contribution in [2.45, 2.75) is 19.4 Å². The molecule has 0 amide bonds. The van der Waals surface area contributed by atoms with E-state index < -0.39 is 4.92 Å². The van der Waals surface area contributed by atoms with Gasteiger partial charge in [-0.15, -0.1) is 0 Å². The zero-order valence-electron chi connectivity index (χ0n) is 10.0. The quantitative estimate of drug-likeness (QED) is 0.623. The lowest BCUT2D eigenvalue weighted by Gasteiger charge is -2.36. The van der Waals surface area contributed by atoms with Gasteiger partial charge < -0.3 is 9.64 Å². The van der Waals surface area contributed by atoms with Gasteiger partial charge in [0, 0.05) is 12.6 Å². The van der Waals surface area contributed by atoms with E-state index in [1.165, 1.54) is 12.3 Å². The van der Waals surface area contributed by atoms with E-state index >= 15 is 0 Å². The first-order valence-electron chi connectivity index (χ1n) is 5.77. The Labute approximate surface area is 110 Å². The summed E-state index contributed by atoms with van der Waals surface area (Å²) in [5, 5.41) is 10.9. The van der Waals surface area contributed by atoms with Crippen molar-refractivity contribution in [1.82, 2.24) is 4.98 Å². The third kappa shape index (κ3) is 2.54. The number of morpholine rings is 1. The highest BCUT2D eigenvalue weighted by molar-refractivity contribution is 6.33. The van der Waals surface area contributed by atoms with E-state index in [0.29, 0.717) is 30.6 Å². The topological polar surface area (TPSA) is 68.5 Å². The van der Waals surface area contributed by atoms with E-state index in [-0.39, 0.29) is 11.7 Å². The average molecular weight is 272 g/mol. The van der Waals surface area contributed by atoms with E-state index in [4.69, 9.17) is 16.3 Å². The van der Waals surface area contributed by atoms with E-state index in [1.54, 1.807) is 0 Å². The highest BCUT2D eigenvalue weighted by Gasteiger charge is 2.25. The number of nitro groups is 1. The van der Waals surface area contributed by atoms with Crippen LogP contribution in [0.25, 0.3) is 0 Å². The number of hydrogen-bond donors (Lipinski definition) is 0. The van der Waals surface area contributed by atoms with Gasteiger partial charge >= 0.3 is 0 Å². The molecular formula is C11H14ClN3O3. The number of rotatable bonds is 3. The summed E-state index contributed by atoms with van der Waals surface area (Å²) in [5.74, 6) is 0.595. The van der Waals surface area contributed by atoms with Crippen molar-refractivity contribution < 1.29 is 9.66 Å². The Morgan fingerprint density at radius 2 is 2.50 bits per heavy atom. The summed E-state index contributed by atoms with van der Waals surface area (Å²) in [6, 6.07) is 1.55. The predicted molar refractivity (Wildman–Crippen MR) is 68.1 cm³/mol. The number of anilines is 1. The molecule has 2 heterocycles. The fourth-order valence-electron chi connectivity index (χ4n) is 2.00. The third-order valence-corrected chi connectivity index (χ3v) is 3.27. The van der Waals surface area contributed by atoms with Crippen molar-refractivity contribution in [3.05, 3.63) is 27.4 Å². The minimum atomic E-state index is -0.501. The summed E-state index contributed by atoms with van der Waals surface area (Å²) >= 11 is 6.08. The zero-order chi connectivity index (χ0) is 13.1. The normalized spacial score (nSPS) is 19.9. The van der Waals surface area contributed by atoms with Crippen molar-refractivity contribution in [2.75, 3.05) is 24.7 Å². The van der Waals surface area contributed by atoms with Crippen LogP contribution in [0.3, 0.4) is 0 Å². The maximum absolute atomic E-state index is 10.6. The average Bonchev–Trinajstić information content (AvgIpc) is 2.38. The number of halogens is 1. The number of nitrogens with zero attached hydrogens (tertiary/aromatic N) is 3. The molecule has 1 fully saturated rings. The summed E-state index contributed by atoms with van der Waals surface area (Å²) in [6.45, 7) is 4.01. The lowest BCUT2D eigenvalue weighted by atomic mass is 10.2. The molecule has 98 valence electrons. The standard InChI is InChI=1S/C11H14ClN3O3/c1-2-8-7-18-4-3-14(8)11-10(12)5-9(6-13-11)15(16)17/h5-6,8H,2-4,7H2,1H3. The van der Waals surface area contributed by atoms with Gasteiger partial charge in [-0.1, -0.05) is 18.5 Å². The molecule has 0 radical (unpaired) electrons. The van der Waals surface area contributed by atoms with Gasteiger partial charge in [0.25, 0.3) is 5.69 Å². The van der Waals surface area contributed by atoms with Gasteiger partial charge in [-0.25, -0.2) is 4.98 Å². The van der Waals surface area contributed by atoms with Crippen LogP contribution >= 0.6 is 11.6 Å². The molecule has 6 nitrogen and oxygen atoms in total. The fraction of sp³-hybridized carbons (Fsp3) is 0.545. The van der Waals surface area contributed by atoms with E-state index in [2.05, 4.69) is 16.8 Å². The predicted octanol–water partition coefficient (Wildman–Crippen LogP) is 2.26. The Morgan fingerprint density at radius 1 is 1.72 bits per heavy atom. The first kappa shape index (κ1) is 13.0. The molecule has 0 aliphatic carbocycles. The molecule has 0 saturated carbocycles. The second-order valence-electron chi connectivity index (χ2n) is 4.09. The first-order chi connectivity index (χ1) is 8.63. The molecule has 1 aromatic heterocycles. The second kappa shape index (κ2) is 5.49. The third-order valence-electron chi connectivity index (χ3n) is 2.99.